The van der Waals surface area contributed by atoms with Gasteiger partial charge in [-0.3, -0.25) is 0 Å². The number of halogens is 1. The Kier molecular flexibility index (Phi) is 4.38. The molecule has 0 radical (unpaired) electrons. The van der Waals surface area contributed by atoms with Gasteiger partial charge in [0.25, 0.3) is 0 Å². The minimum atomic E-state index is 0.762. The summed E-state index contributed by atoms with van der Waals surface area (Å²) in [5.41, 5.74) is 3.30. The molecule has 18 heavy (non-hydrogen) atoms. The van der Waals surface area contributed by atoms with Crippen molar-refractivity contribution in [2.24, 2.45) is 0 Å². The summed E-state index contributed by atoms with van der Waals surface area (Å²) >= 11 is 6.52. The molecule has 0 bridgehead atoms. The third-order valence-electron chi connectivity index (χ3n) is 2.76. The zero-order chi connectivity index (χ0) is 12.8. The van der Waals surface area contributed by atoms with Crippen molar-refractivity contribution in [3.05, 3.63) is 84.4 Å². The Morgan fingerprint density at radius 3 is 1.89 bits per heavy atom. The van der Waals surface area contributed by atoms with Crippen LogP contribution in [0.15, 0.2) is 73.3 Å². The van der Waals surface area contributed by atoms with E-state index in [1.165, 1.54) is 0 Å². The zero-order valence-electron chi connectivity index (χ0n) is 10.1. The van der Waals surface area contributed by atoms with Gasteiger partial charge in [-0.15, -0.1) is 6.58 Å². The predicted octanol–water partition coefficient (Wildman–Crippen LogP) is 5.37. The Labute approximate surface area is 113 Å². The van der Waals surface area contributed by atoms with Gasteiger partial charge < -0.3 is 0 Å². The van der Waals surface area contributed by atoms with E-state index in [0.29, 0.717) is 0 Å². The normalized spacial score (nSPS) is 11.8. The van der Waals surface area contributed by atoms with E-state index >= 15 is 0 Å². The van der Waals surface area contributed by atoms with Gasteiger partial charge >= 0.3 is 0 Å². The van der Waals surface area contributed by atoms with Gasteiger partial charge in [-0.25, -0.2) is 0 Å². The van der Waals surface area contributed by atoms with Crippen LogP contribution in [0.3, 0.4) is 0 Å². The molecule has 0 aromatic heterocycles. The second-order valence-corrected chi connectivity index (χ2v) is 4.40. The molecule has 0 spiro atoms. The lowest BCUT2D eigenvalue weighted by Crippen LogP contribution is -1.87. The zero-order valence-corrected chi connectivity index (χ0v) is 10.9. The fraction of sp³-hybridized carbons (Fsp3) is 0.0588. The topological polar surface area (TPSA) is 0 Å². The van der Waals surface area contributed by atoms with Gasteiger partial charge in [0.1, 0.15) is 0 Å². The van der Waals surface area contributed by atoms with Gasteiger partial charge in [0.05, 0.1) is 5.03 Å². The van der Waals surface area contributed by atoms with Gasteiger partial charge in [0.2, 0.25) is 0 Å². The molecule has 0 unspecified atom stereocenters. The molecule has 0 fully saturated rings. The Hall–Kier alpha value is -1.79. The molecule has 0 atom stereocenters. The summed E-state index contributed by atoms with van der Waals surface area (Å²) in [6, 6.07) is 20.2. The Bertz CT molecular complexity index is 538. The van der Waals surface area contributed by atoms with E-state index < -0.39 is 0 Å². The maximum absolute atomic E-state index is 6.52. The fourth-order valence-corrected chi connectivity index (χ4v) is 2.19. The van der Waals surface area contributed by atoms with Crippen LogP contribution in [0.2, 0.25) is 0 Å². The lowest BCUT2D eigenvalue weighted by molar-refractivity contribution is 1.40. The molecule has 0 aliphatic carbocycles. The van der Waals surface area contributed by atoms with Crippen molar-refractivity contribution in [3.63, 3.8) is 0 Å². The van der Waals surface area contributed by atoms with E-state index in [1.54, 1.807) is 0 Å². The summed E-state index contributed by atoms with van der Waals surface area (Å²) in [7, 11) is 0. The Balaban J connectivity index is 2.50. The maximum atomic E-state index is 6.52. The molecule has 2 rings (SSSR count). The summed E-state index contributed by atoms with van der Waals surface area (Å²) in [5.74, 6) is 0. The minimum Gasteiger partial charge on any atom is -0.103 e. The van der Waals surface area contributed by atoms with Crippen LogP contribution in [0, 0.1) is 0 Å². The second-order valence-electron chi connectivity index (χ2n) is 4.02. The molecule has 0 aliphatic rings. The number of benzene rings is 2. The van der Waals surface area contributed by atoms with E-state index in [2.05, 4.69) is 18.7 Å². The van der Waals surface area contributed by atoms with Gasteiger partial charge in [-0.1, -0.05) is 78.3 Å². The summed E-state index contributed by atoms with van der Waals surface area (Å²) in [4.78, 5) is 0. The van der Waals surface area contributed by atoms with Gasteiger partial charge in [0.15, 0.2) is 0 Å². The second kappa shape index (κ2) is 6.23. The first-order chi connectivity index (χ1) is 8.83. The molecular formula is C17H15Cl. The molecule has 0 saturated heterocycles. The van der Waals surface area contributed by atoms with E-state index in [9.17, 15) is 0 Å². The van der Waals surface area contributed by atoms with E-state index in [0.717, 1.165) is 28.2 Å². The van der Waals surface area contributed by atoms with Crippen molar-refractivity contribution >= 4 is 22.2 Å². The Morgan fingerprint density at radius 2 is 1.39 bits per heavy atom. The van der Waals surface area contributed by atoms with Gasteiger partial charge in [0, 0.05) is 0 Å². The molecule has 0 amide bonds. The molecule has 0 aliphatic heterocycles. The number of rotatable bonds is 4. The molecule has 0 saturated carbocycles. The van der Waals surface area contributed by atoms with E-state index in [4.69, 9.17) is 11.6 Å². The molecule has 0 N–H and O–H groups in total. The highest BCUT2D eigenvalue weighted by atomic mass is 35.5. The summed E-state index contributed by atoms with van der Waals surface area (Å²) < 4.78 is 0. The highest BCUT2D eigenvalue weighted by molar-refractivity contribution is 6.52. The lowest BCUT2D eigenvalue weighted by atomic mass is 10.00. The molecule has 0 heterocycles. The lowest BCUT2D eigenvalue weighted by Gasteiger charge is -2.09. The first-order valence-electron chi connectivity index (χ1n) is 5.93. The van der Waals surface area contributed by atoms with Crippen LogP contribution in [-0.2, 0) is 0 Å². The minimum absolute atomic E-state index is 0.762. The number of hydrogen-bond acceptors (Lipinski definition) is 0. The molecule has 1 heteroatoms. The third-order valence-corrected chi connectivity index (χ3v) is 3.21. The largest absolute Gasteiger partial charge is 0.103 e. The summed E-state index contributed by atoms with van der Waals surface area (Å²) in [6.07, 6.45) is 2.64. The average Bonchev–Trinajstić information content (AvgIpc) is 2.46. The van der Waals surface area contributed by atoms with Crippen LogP contribution in [0.5, 0.6) is 0 Å². The van der Waals surface area contributed by atoms with Crippen LogP contribution in [-0.4, -0.2) is 0 Å². The molecule has 0 nitrogen and oxygen atoms in total. The van der Waals surface area contributed by atoms with Crippen molar-refractivity contribution in [1.29, 1.82) is 0 Å². The van der Waals surface area contributed by atoms with Crippen LogP contribution in [0.25, 0.3) is 10.6 Å². The van der Waals surface area contributed by atoms with Crippen molar-refractivity contribution in [2.75, 3.05) is 0 Å². The van der Waals surface area contributed by atoms with Crippen molar-refractivity contribution in [3.8, 4) is 0 Å². The summed E-state index contributed by atoms with van der Waals surface area (Å²) in [5, 5.41) is 0.793. The maximum Gasteiger partial charge on any atom is 0.0519 e. The van der Waals surface area contributed by atoms with E-state index in [1.807, 2.05) is 54.6 Å². The Morgan fingerprint density at radius 1 is 0.889 bits per heavy atom. The highest BCUT2D eigenvalue weighted by Gasteiger charge is 2.07. The molecular weight excluding hydrogens is 240 g/mol. The summed E-state index contributed by atoms with van der Waals surface area (Å²) in [6.45, 7) is 3.81. The highest BCUT2D eigenvalue weighted by Crippen LogP contribution is 2.31. The van der Waals surface area contributed by atoms with Crippen LogP contribution < -0.4 is 0 Å². The SMILES string of the molecule is C=CC/C(=C(/Cl)c1ccccc1)c1ccccc1. The first kappa shape index (κ1) is 12.7. The first-order valence-corrected chi connectivity index (χ1v) is 6.31. The van der Waals surface area contributed by atoms with E-state index in [-0.39, 0.29) is 0 Å². The predicted molar refractivity (Wildman–Crippen MR) is 80.4 cm³/mol. The fourth-order valence-electron chi connectivity index (χ4n) is 1.88. The number of hydrogen-bond donors (Lipinski definition) is 0. The van der Waals surface area contributed by atoms with Crippen molar-refractivity contribution in [1.82, 2.24) is 0 Å². The van der Waals surface area contributed by atoms with Crippen LogP contribution in [0.4, 0.5) is 0 Å². The molecule has 2 aromatic rings. The molecule has 2 aromatic carbocycles. The monoisotopic (exact) mass is 254 g/mol. The quantitative estimate of drug-likeness (QED) is 0.508. The third kappa shape index (κ3) is 2.91. The van der Waals surface area contributed by atoms with Gasteiger partial charge in [-0.2, -0.15) is 0 Å². The van der Waals surface area contributed by atoms with Crippen LogP contribution >= 0.6 is 11.6 Å². The standard InChI is InChI=1S/C17H15Cl/c1-2-9-16(14-10-5-3-6-11-14)17(18)15-12-7-4-8-13-15/h2-8,10-13H,1,9H2/b17-16-. The van der Waals surface area contributed by atoms with Gasteiger partial charge in [-0.05, 0) is 23.1 Å². The average molecular weight is 255 g/mol. The van der Waals surface area contributed by atoms with Crippen molar-refractivity contribution < 1.29 is 0 Å². The smallest absolute Gasteiger partial charge is 0.0519 e. The molecule has 90 valence electrons. The van der Waals surface area contributed by atoms with Crippen molar-refractivity contribution in [2.45, 2.75) is 6.42 Å². The van der Waals surface area contributed by atoms with Crippen LogP contribution in [0.1, 0.15) is 17.5 Å². The number of allylic oxidation sites excluding steroid dienone is 2.